The molecule has 4 rings (SSSR count). The van der Waals surface area contributed by atoms with E-state index < -0.39 is 12.1 Å². The molecule has 0 radical (unpaired) electrons. The van der Waals surface area contributed by atoms with Gasteiger partial charge in [-0.05, 0) is 48.2 Å². The molecule has 0 saturated heterocycles. The Morgan fingerprint density at radius 2 is 1.59 bits per heavy atom. The number of carbonyl (C=O) groups excluding carboxylic acids is 2. The predicted octanol–water partition coefficient (Wildman–Crippen LogP) is 3.32. The van der Waals surface area contributed by atoms with Crippen molar-refractivity contribution < 1.29 is 9.59 Å². The molecule has 0 unspecified atom stereocenters. The van der Waals surface area contributed by atoms with Crippen molar-refractivity contribution in [2.75, 3.05) is 14.1 Å². The minimum atomic E-state index is -0.544. The smallest absolute Gasteiger partial charge is 0.243 e. The van der Waals surface area contributed by atoms with Crippen LogP contribution in [0.4, 0.5) is 0 Å². The van der Waals surface area contributed by atoms with Crippen molar-refractivity contribution in [2.24, 2.45) is 0 Å². The van der Waals surface area contributed by atoms with Gasteiger partial charge >= 0.3 is 0 Å². The average Bonchev–Trinajstić information content (AvgIpc) is 3.64. The molecule has 0 aromatic heterocycles. The Bertz CT molecular complexity index is 1080. The summed E-state index contributed by atoms with van der Waals surface area (Å²) in [7, 11) is 3.54. The fraction of sp³-hybridized carbons (Fsp3) is 0.333. The van der Waals surface area contributed by atoms with Gasteiger partial charge in [-0.15, -0.1) is 0 Å². The van der Waals surface area contributed by atoms with Crippen LogP contribution in [0.2, 0.25) is 0 Å². The summed E-state index contributed by atoms with van der Waals surface area (Å²) in [6, 6.07) is 23.7. The van der Waals surface area contributed by atoms with Crippen LogP contribution in [0.15, 0.2) is 72.8 Å². The second-order valence-electron chi connectivity index (χ2n) is 8.66. The molecule has 5 nitrogen and oxygen atoms in total. The lowest BCUT2D eigenvalue weighted by molar-refractivity contribution is -0.140. The number of rotatable bonds is 9. The third-order valence-corrected chi connectivity index (χ3v) is 6.21. The first-order valence-electron chi connectivity index (χ1n) is 11.3. The maximum atomic E-state index is 13.5. The molecule has 0 aliphatic heterocycles. The Morgan fingerprint density at radius 3 is 2.28 bits per heavy atom. The molecule has 166 valence electrons. The van der Waals surface area contributed by atoms with Crippen LogP contribution in [-0.4, -0.2) is 48.9 Å². The second-order valence-corrected chi connectivity index (χ2v) is 8.66. The third-order valence-electron chi connectivity index (χ3n) is 6.21. The van der Waals surface area contributed by atoms with Crippen LogP contribution in [0, 0.1) is 0 Å². The highest BCUT2D eigenvalue weighted by Crippen LogP contribution is 2.21. The lowest BCUT2D eigenvalue weighted by Crippen LogP contribution is -2.54. The Balaban J connectivity index is 1.51. The summed E-state index contributed by atoms with van der Waals surface area (Å²) >= 11 is 0. The molecule has 2 amide bonds. The molecule has 2 N–H and O–H groups in total. The highest BCUT2D eigenvalue weighted by atomic mass is 16.2. The molecule has 1 fully saturated rings. The number of hydrogen-bond acceptors (Lipinski definition) is 3. The summed E-state index contributed by atoms with van der Waals surface area (Å²) in [6.45, 7) is 0. The van der Waals surface area contributed by atoms with Gasteiger partial charge in [0.15, 0.2) is 0 Å². The number of carbonyl (C=O) groups is 2. The molecule has 32 heavy (non-hydrogen) atoms. The van der Waals surface area contributed by atoms with Gasteiger partial charge in [0.1, 0.15) is 6.04 Å². The number of nitrogens with one attached hydrogen (secondary N) is 2. The summed E-state index contributed by atoms with van der Waals surface area (Å²) in [5, 5.41) is 8.59. The maximum Gasteiger partial charge on any atom is 0.243 e. The number of nitrogens with zero attached hydrogens (tertiary/aromatic N) is 1. The standard InChI is InChI=1S/C27H31N3O2/c1-28-24(17-20-12-13-21-10-6-7-11-22(21)16-20)27(32)30(2)25(26(31)29-23-14-15-23)18-19-8-4-3-5-9-19/h3-13,16,23-25,28H,14-15,17-18H2,1-2H3,(H,29,31)/t24-,25-/m1/s1. The van der Waals surface area contributed by atoms with Gasteiger partial charge in [-0.1, -0.05) is 72.8 Å². The van der Waals surface area contributed by atoms with E-state index >= 15 is 0 Å². The van der Waals surface area contributed by atoms with Crippen LogP contribution in [0.25, 0.3) is 10.8 Å². The first-order valence-corrected chi connectivity index (χ1v) is 11.3. The van der Waals surface area contributed by atoms with Crippen molar-refractivity contribution >= 4 is 22.6 Å². The molecule has 0 bridgehead atoms. The van der Waals surface area contributed by atoms with Crippen molar-refractivity contribution in [3.05, 3.63) is 83.9 Å². The zero-order valence-electron chi connectivity index (χ0n) is 18.8. The summed E-state index contributed by atoms with van der Waals surface area (Å²) in [6.07, 6.45) is 3.09. The second kappa shape index (κ2) is 9.96. The van der Waals surface area contributed by atoms with Crippen LogP contribution in [0.3, 0.4) is 0 Å². The molecular formula is C27H31N3O2. The van der Waals surface area contributed by atoms with Gasteiger partial charge in [0.25, 0.3) is 0 Å². The van der Waals surface area contributed by atoms with E-state index in [-0.39, 0.29) is 17.9 Å². The van der Waals surface area contributed by atoms with Crippen LogP contribution in [0.5, 0.6) is 0 Å². The molecule has 3 aromatic carbocycles. The normalized spacial score (nSPS) is 15.2. The minimum Gasteiger partial charge on any atom is -0.352 e. The van der Waals surface area contributed by atoms with E-state index in [2.05, 4.69) is 41.0 Å². The number of hydrogen-bond donors (Lipinski definition) is 2. The van der Waals surface area contributed by atoms with E-state index in [0.717, 1.165) is 29.4 Å². The topological polar surface area (TPSA) is 61.4 Å². The average molecular weight is 430 g/mol. The largest absolute Gasteiger partial charge is 0.352 e. The zero-order valence-corrected chi connectivity index (χ0v) is 18.8. The van der Waals surface area contributed by atoms with Gasteiger partial charge in [-0.2, -0.15) is 0 Å². The van der Waals surface area contributed by atoms with E-state index in [4.69, 9.17) is 0 Å². The first-order chi connectivity index (χ1) is 15.5. The molecular weight excluding hydrogens is 398 g/mol. The number of amides is 2. The van der Waals surface area contributed by atoms with Crippen molar-refractivity contribution in [2.45, 2.75) is 43.8 Å². The molecule has 0 heterocycles. The Hall–Kier alpha value is -3.18. The molecule has 1 aliphatic carbocycles. The zero-order chi connectivity index (χ0) is 22.5. The van der Waals surface area contributed by atoms with Crippen LogP contribution in [-0.2, 0) is 22.4 Å². The summed E-state index contributed by atoms with van der Waals surface area (Å²) < 4.78 is 0. The third kappa shape index (κ3) is 5.35. The van der Waals surface area contributed by atoms with E-state index in [0.29, 0.717) is 12.8 Å². The Kier molecular flexibility index (Phi) is 6.86. The van der Waals surface area contributed by atoms with Crippen molar-refractivity contribution in [1.29, 1.82) is 0 Å². The van der Waals surface area contributed by atoms with Crippen LogP contribution < -0.4 is 10.6 Å². The molecule has 0 spiro atoms. The minimum absolute atomic E-state index is 0.0761. The Labute approximate surface area is 189 Å². The van der Waals surface area contributed by atoms with E-state index in [1.54, 1.807) is 19.0 Å². The van der Waals surface area contributed by atoms with Gasteiger partial charge in [-0.3, -0.25) is 9.59 Å². The molecule has 3 aromatic rings. The van der Waals surface area contributed by atoms with Crippen molar-refractivity contribution in [1.82, 2.24) is 15.5 Å². The van der Waals surface area contributed by atoms with Gasteiger partial charge in [0.2, 0.25) is 11.8 Å². The van der Waals surface area contributed by atoms with Crippen LogP contribution in [0.1, 0.15) is 24.0 Å². The Morgan fingerprint density at radius 1 is 0.906 bits per heavy atom. The molecule has 5 heteroatoms. The predicted molar refractivity (Wildman–Crippen MR) is 128 cm³/mol. The van der Waals surface area contributed by atoms with Crippen LogP contribution >= 0.6 is 0 Å². The van der Waals surface area contributed by atoms with Crippen molar-refractivity contribution in [3.8, 4) is 0 Å². The maximum absolute atomic E-state index is 13.5. The van der Waals surface area contributed by atoms with E-state index in [9.17, 15) is 9.59 Å². The highest BCUT2D eigenvalue weighted by molar-refractivity contribution is 5.90. The van der Waals surface area contributed by atoms with Gasteiger partial charge in [0.05, 0.1) is 6.04 Å². The lowest BCUT2D eigenvalue weighted by atomic mass is 9.99. The molecule has 2 atom stereocenters. The summed E-state index contributed by atoms with van der Waals surface area (Å²) in [4.78, 5) is 28.1. The van der Waals surface area contributed by atoms with Crippen molar-refractivity contribution in [3.63, 3.8) is 0 Å². The highest BCUT2D eigenvalue weighted by Gasteiger charge is 2.33. The monoisotopic (exact) mass is 429 g/mol. The summed E-state index contributed by atoms with van der Waals surface area (Å²) in [5.74, 6) is -0.153. The van der Waals surface area contributed by atoms with Gasteiger partial charge in [-0.25, -0.2) is 0 Å². The quantitative estimate of drug-likeness (QED) is 0.549. The first kappa shape index (κ1) is 22.0. The van der Waals surface area contributed by atoms with Gasteiger partial charge < -0.3 is 15.5 Å². The fourth-order valence-electron chi connectivity index (χ4n) is 4.08. The summed E-state index contributed by atoms with van der Waals surface area (Å²) in [5.41, 5.74) is 2.13. The lowest BCUT2D eigenvalue weighted by Gasteiger charge is -2.31. The van der Waals surface area contributed by atoms with Gasteiger partial charge in [0, 0.05) is 19.5 Å². The number of fused-ring (bicyclic) bond motifs is 1. The molecule has 1 saturated carbocycles. The fourth-order valence-corrected chi connectivity index (χ4v) is 4.08. The number of benzene rings is 3. The van der Waals surface area contributed by atoms with E-state index in [1.807, 2.05) is 42.5 Å². The van der Waals surface area contributed by atoms with E-state index in [1.165, 1.54) is 5.39 Å². The SMILES string of the molecule is CN[C@H](Cc1ccc2ccccc2c1)C(=O)N(C)[C@H](Cc1ccccc1)C(=O)NC1CC1. The molecule has 1 aliphatic rings. The number of likely N-dealkylation sites (N-methyl/N-ethyl adjacent to an activating group) is 2.